The van der Waals surface area contributed by atoms with E-state index in [1.54, 1.807) is 28.7 Å². The largest absolute Gasteiger partial charge is 0.325 e. The molecule has 0 aliphatic heterocycles. The minimum Gasteiger partial charge on any atom is -0.325 e. The van der Waals surface area contributed by atoms with Crippen molar-refractivity contribution in [2.24, 2.45) is 0 Å². The molecule has 0 spiro atoms. The van der Waals surface area contributed by atoms with Gasteiger partial charge in [-0.05, 0) is 42.8 Å². The Hall–Kier alpha value is -2.91. The zero-order valence-electron chi connectivity index (χ0n) is 15.9. The van der Waals surface area contributed by atoms with Gasteiger partial charge in [-0.2, -0.15) is 0 Å². The van der Waals surface area contributed by atoms with Crippen molar-refractivity contribution in [1.29, 1.82) is 0 Å². The summed E-state index contributed by atoms with van der Waals surface area (Å²) in [5.74, 6) is -0.303. The highest BCUT2D eigenvalue weighted by molar-refractivity contribution is 7.99. The van der Waals surface area contributed by atoms with Gasteiger partial charge in [0.25, 0.3) is 5.56 Å². The summed E-state index contributed by atoms with van der Waals surface area (Å²) in [5, 5.41) is 12.3. The van der Waals surface area contributed by atoms with Crippen LogP contribution >= 0.6 is 23.4 Å². The summed E-state index contributed by atoms with van der Waals surface area (Å²) in [6.45, 7) is 2.36. The van der Waals surface area contributed by atoms with Gasteiger partial charge in [-0.1, -0.05) is 36.4 Å². The number of aryl methyl sites for hydroxylation is 1. The van der Waals surface area contributed by atoms with E-state index in [1.807, 2.05) is 6.92 Å². The second-order valence-electron chi connectivity index (χ2n) is 6.58. The highest BCUT2D eigenvalue weighted by Gasteiger charge is 2.18. The van der Waals surface area contributed by atoms with Gasteiger partial charge < -0.3 is 5.32 Å². The summed E-state index contributed by atoms with van der Waals surface area (Å²) < 4.78 is 17.0. The summed E-state index contributed by atoms with van der Waals surface area (Å²) >= 11 is 7.11. The lowest BCUT2D eigenvalue weighted by Crippen LogP contribution is -2.23. The first-order valence-corrected chi connectivity index (χ1v) is 10.6. The topological polar surface area (TPSA) is 81.3 Å². The van der Waals surface area contributed by atoms with Crippen molar-refractivity contribution < 1.29 is 9.18 Å². The van der Waals surface area contributed by atoms with Gasteiger partial charge in [-0.25, -0.2) is 4.39 Å². The maximum atomic E-state index is 13.8. The Morgan fingerprint density at radius 2 is 2.07 bits per heavy atom. The zero-order valence-corrected chi connectivity index (χ0v) is 17.5. The van der Waals surface area contributed by atoms with Crippen LogP contribution in [-0.2, 0) is 11.3 Å². The number of hydrogen-bond donors (Lipinski definition) is 1. The summed E-state index contributed by atoms with van der Waals surface area (Å²) in [6, 6.07) is 10.9. The zero-order chi connectivity index (χ0) is 21.3. The highest BCUT2D eigenvalue weighted by Crippen LogP contribution is 2.23. The molecule has 7 nitrogen and oxygen atoms in total. The molecule has 0 fully saturated rings. The smallest absolute Gasteiger partial charge is 0.262 e. The fourth-order valence-electron chi connectivity index (χ4n) is 3.17. The SMILES string of the molecule is CCCn1c(=O)c2cc(F)ccc2n2c(SCC(=O)Nc3cccc(Cl)c3)nnc12. The molecular formula is C20H17ClFN5O2S. The van der Waals surface area contributed by atoms with Gasteiger partial charge >= 0.3 is 0 Å². The fraction of sp³-hybridized carbons (Fsp3) is 0.200. The molecule has 0 saturated heterocycles. The number of amides is 1. The van der Waals surface area contributed by atoms with Crippen LogP contribution in [0.3, 0.4) is 0 Å². The van der Waals surface area contributed by atoms with Gasteiger partial charge in [0.1, 0.15) is 5.82 Å². The van der Waals surface area contributed by atoms with E-state index >= 15 is 0 Å². The van der Waals surface area contributed by atoms with Gasteiger partial charge in [0, 0.05) is 17.3 Å². The van der Waals surface area contributed by atoms with Gasteiger partial charge in [0.05, 0.1) is 16.7 Å². The number of benzene rings is 2. The normalized spacial score (nSPS) is 11.3. The number of aromatic nitrogens is 4. The lowest BCUT2D eigenvalue weighted by atomic mass is 10.2. The molecule has 2 aromatic carbocycles. The molecule has 1 N–H and O–H groups in total. The maximum absolute atomic E-state index is 13.8. The first-order valence-electron chi connectivity index (χ1n) is 9.23. The van der Waals surface area contributed by atoms with E-state index in [9.17, 15) is 14.0 Å². The highest BCUT2D eigenvalue weighted by atomic mass is 35.5. The number of thioether (sulfide) groups is 1. The molecule has 4 aromatic rings. The number of fused-ring (bicyclic) bond motifs is 3. The second-order valence-corrected chi connectivity index (χ2v) is 7.96. The number of nitrogens with one attached hydrogen (secondary N) is 1. The Kier molecular flexibility index (Phi) is 5.74. The van der Waals surface area contributed by atoms with E-state index in [-0.39, 0.29) is 22.6 Å². The Morgan fingerprint density at radius 1 is 1.23 bits per heavy atom. The molecule has 0 aliphatic rings. The van der Waals surface area contributed by atoms with Crippen LogP contribution in [0, 0.1) is 5.82 Å². The Morgan fingerprint density at radius 3 is 2.83 bits per heavy atom. The Labute approximate surface area is 179 Å². The van der Waals surface area contributed by atoms with Crippen LogP contribution in [0.15, 0.2) is 52.4 Å². The third-order valence-electron chi connectivity index (χ3n) is 4.42. The first kappa shape index (κ1) is 20.4. The molecule has 1 amide bonds. The van der Waals surface area contributed by atoms with Gasteiger partial charge in [-0.15, -0.1) is 10.2 Å². The Bertz CT molecular complexity index is 1320. The van der Waals surface area contributed by atoms with Crippen molar-refractivity contribution in [2.75, 3.05) is 11.1 Å². The minimum atomic E-state index is -0.495. The van der Waals surface area contributed by atoms with Crippen molar-refractivity contribution in [3.05, 3.63) is 63.7 Å². The van der Waals surface area contributed by atoms with E-state index in [0.29, 0.717) is 40.1 Å². The van der Waals surface area contributed by atoms with Crippen LogP contribution < -0.4 is 10.9 Å². The number of carbonyl (C=O) groups excluding carboxylic acids is 1. The van der Waals surface area contributed by atoms with E-state index in [4.69, 9.17) is 11.6 Å². The maximum Gasteiger partial charge on any atom is 0.262 e. The van der Waals surface area contributed by atoms with Crippen molar-refractivity contribution in [3.63, 3.8) is 0 Å². The van der Waals surface area contributed by atoms with Crippen molar-refractivity contribution in [1.82, 2.24) is 19.2 Å². The third kappa shape index (κ3) is 3.90. The molecular weight excluding hydrogens is 429 g/mol. The third-order valence-corrected chi connectivity index (χ3v) is 5.58. The van der Waals surface area contributed by atoms with E-state index in [1.165, 1.54) is 34.5 Å². The lowest BCUT2D eigenvalue weighted by molar-refractivity contribution is -0.113. The Balaban J connectivity index is 1.69. The van der Waals surface area contributed by atoms with Crippen molar-refractivity contribution in [3.8, 4) is 0 Å². The number of nitrogens with zero attached hydrogens (tertiary/aromatic N) is 4. The average Bonchev–Trinajstić information content (AvgIpc) is 3.13. The van der Waals surface area contributed by atoms with Crippen LogP contribution in [-0.4, -0.2) is 30.8 Å². The summed E-state index contributed by atoms with van der Waals surface area (Å²) in [6.07, 6.45) is 0.702. The van der Waals surface area contributed by atoms with Crippen LogP contribution in [0.1, 0.15) is 13.3 Å². The van der Waals surface area contributed by atoms with Gasteiger partial charge in [-0.3, -0.25) is 18.6 Å². The number of anilines is 1. The molecule has 2 heterocycles. The van der Waals surface area contributed by atoms with E-state index < -0.39 is 5.82 Å². The quantitative estimate of drug-likeness (QED) is 0.454. The predicted octanol–water partition coefficient (Wildman–Crippen LogP) is 3.98. The van der Waals surface area contributed by atoms with Crippen LogP contribution in [0.4, 0.5) is 10.1 Å². The molecule has 0 saturated carbocycles. The molecule has 4 rings (SSSR count). The molecule has 0 aliphatic carbocycles. The summed E-state index contributed by atoms with van der Waals surface area (Å²) in [5.41, 5.74) is 0.768. The van der Waals surface area contributed by atoms with Gasteiger partial charge in [0.15, 0.2) is 5.16 Å². The summed E-state index contributed by atoms with van der Waals surface area (Å²) in [4.78, 5) is 25.2. The molecule has 0 atom stereocenters. The molecule has 0 unspecified atom stereocenters. The molecule has 154 valence electrons. The standard InChI is InChI=1S/C20H17ClFN5O2S/c1-2-8-26-18(29)15-10-13(22)6-7-16(15)27-19(26)24-25-20(27)30-11-17(28)23-14-5-3-4-12(21)9-14/h3-7,9-10H,2,8,11H2,1H3,(H,23,28). The lowest BCUT2D eigenvalue weighted by Gasteiger charge is -2.10. The van der Waals surface area contributed by atoms with E-state index in [0.717, 1.165) is 0 Å². The average molecular weight is 446 g/mol. The molecule has 0 bridgehead atoms. The number of carbonyl (C=O) groups is 1. The number of rotatable bonds is 6. The fourth-order valence-corrected chi connectivity index (χ4v) is 4.10. The summed E-state index contributed by atoms with van der Waals surface area (Å²) in [7, 11) is 0. The molecule has 0 radical (unpaired) electrons. The first-order chi connectivity index (χ1) is 14.5. The number of halogens is 2. The second kappa shape index (κ2) is 8.45. The van der Waals surface area contributed by atoms with Crippen LogP contribution in [0.5, 0.6) is 0 Å². The van der Waals surface area contributed by atoms with Crippen LogP contribution in [0.25, 0.3) is 16.7 Å². The minimum absolute atomic E-state index is 0.0723. The monoisotopic (exact) mass is 445 g/mol. The van der Waals surface area contributed by atoms with E-state index in [2.05, 4.69) is 15.5 Å². The van der Waals surface area contributed by atoms with Crippen LogP contribution in [0.2, 0.25) is 5.02 Å². The van der Waals surface area contributed by atoms with Gasteiger partial charge in [0.2, 0.25) is 11.7 Å². The molecule has 2 aromatic heterocycles. The van der Waals surface area contributed by atoms with Crippen molar-refractivity contribution >= 4 is 51.6 Å². The number of hydrogen-bond acceptors (Lipinski definition) is 5. The van der Waals surface area contributed by atoms with Crippen molar-refractivity contribution in [2.45, 2.75) is 25.0 Å². The molecule has 30 heavy (non-hydrogen) atoms. The molecule has 10 heteroatoms. The predicted molar refractivity (Wildman–Crippen MR) is 116 cm³/mol.